The van der Waals surface area contributed by atoms with Crippen LogP contribution in [-0.4, -0.2) is 23.0 Å². The Bertz CT molecular complexity index is 419. The molecule has 1 aliphatic carbocycles. The number of unbranched alkanes of at least 4 members (excludes halogenated alkanes) is 4. The van der Waals surface area contributed by atoms with Crippen LogP contribution in [0.3, 0.4) is 0 Å². The Kier molecular flexibility index (Phi) is 9.73. The zero-order valence-corrected chi connectivity index (χ0v) is 15.5. The van der Waals surface area contributed by atoms with Crippen LogP contribution in [0.25, 0.3) is 0 Å². The van der Waals surface area contributed by atoms with Gasteiger partial charge < -0.3 is 10.4 Å². The molecule has 0 heterocycles. The highest BCUT2D eigenvalue weighted by atomic mass is 16.4. The van der Waals surface area contributed by atoms with Gasteiger partial charge in [-0.05, 0) is 31.1 Å². The number of nitrogens with one attached hydrogen (secondary N) is 1. The van der Waals surface area contributed by atoms with Crippen molar-refractivity contribution in [1.82, 2.24) is 5.32 Å². The van der Waals surface area contributed by atoms with Gasteiger partial charge in [-0.15, -0.1) is 0 Å². The lowest BCUT2D eigenvalue weighted by Crippen LogP contribution is -2.37. The fourth-order valence-electron chi connectivity index (χ4n) is 3.97. The van der Waals surface area contributed by atoms with Gasteiger partial charge in [-0.2, -0.15) is 0 Å². The van der Waals surface area contributed by atoms with Gasteiger partial charge >= 0.3 is 5.97 Å². The summed E-state index contributed by atoms with van der Waals surface area (Å²) in [5.41, 5.74) is 0.344. The maximum absolute atomic E-state index is 11.9. The van der Waals surface area contributed by atoms with Gasteiger partial charge in [0.25, 0.3) is 0 Å². The van der Waals surface area contributed by atoms with Crippen molar-refractivity contribution in [2.24, 2.45) is 5.41 Å². The Hall–Kier alpha value is -1.32. The highest BCUT2D eigenvalue weighted by molar-refractivity contribution is 5.93. The molecule has 0 spiro atoms. The average Bonchev–Trinajstić information content (AvgIpc) is 2.75. The van der Waals surface area contributed by atoms with E-state index in [-0.39, 0.29) is 11.9 Å². The molecular weight excluding hydrogens is 302 g/mol. The summed E-state index contributed by atoms with van der Waals surface area (Å²) in [6.45, 7) is 4.52. The Labute approximate surface area is 147 Å². The molecule has 1 amide bonds. The molecule has 1 fully saturated rings. The Morgan fingerprint density at radius 2 is 1.88 bits per heavy atom. The van der Waals surface area contributed by atoms with Crippen LogP contribution in [0.15, 0.2) is 12.2 Å². The molecule has 4 nitrogen and oxygen atoms in total. The Morgan fingerprint density at radius 3 is 2.54 bits per heavy atom. The van der Waals surface area contributed by atoms with Crippen LogP contribution in [0.2, 0.25) is 0 Å². The molecule has 4 heteroatoms. The van der Waals surface area contributed by atoms with Crippen molar-refractivity contribution in [2.45, 2.75) is 96.9 Å². The fourth-order valence-corrected chi connectivity index (χ4v) is 3.97. The maximum Gasteiger partial charge on any atom is 0.328 e. The molecule has 0 aromatic rings. The monoisotopic (exact) mass is 337 g/mol. The van der Waals surface area contributed by atoms with Crippen LogP contribution in [0.5, 0.6) is 0 Å². The van der Waals surface area contributed by atoms with Crippen LogP contribution in [0.1, 0.15) is 90.9 Å². The van der Waals surface area contributed by atoms with Crippen molar-refractivity contribution in [3.8, 4) is 0 Å². The lowest BCUT2D eigenvalue weighted by Gasteiger charge is -2.34. The van der Waals surface area contributed by atoms with Gasteiger partial charge in [0.1, 0.15) is 0 Å². The summed E-state index contributed by atoms with van der Waals surface area (Å²) in [5.74, 6) is -1.36. The van der Waals surface area contributed by atoms with Gasteiger partial charge in [-0.1, -0.05) is 65.2 Å². The predicted octanol–water partition coefficient (Wildman–Crippen LogP) is 4.83. The minimum Gasteiger partial charge on any atom is -0.478 e. The number of carbonyl (C=O) groups is 2. The average molecular weight is 338 g/mol. The molecule has 0 aliphatic heterocycles. The number of amides is 1. The number of hydrogen-bond acceptors (Lipinski definition) is 2. The molecule has 0 bridgehead atoms. The van der Waals surface area contributed by atoms with Gasteiger partial charge in [-0.25, -0.2) is 4.79 Å². The van der Waals surface area contributed by atoms with Gasteiger partial charge in [0, 0.05) is 18.2 Å². The van der Waals surface area contributed by atoms with Crippen LogP contribution in [-0.2, 0) is 9.59 Å². The van der Waals surface area contributed by atoms with Crippen molar-refractivity contribution in [2.75, 3.05) is 0 Å². The van der Waals surface area contributed by atoms with Crippen LogP contribution in [0, 0.1) is 5.41 Å². The number of hydrogen-bond donors (Lipinski definition) is 2. The van der Waals surface area contributed by atoms with Crippen molar-refractivity contribution in [1.29, 1.82) is 0 Å². The molecule has 2 N–H and O–H groups in total. The molecule has 24 heavy (non-hydrogen) atoms. The number of carboxylic acid groups (broad SMARTS) is 1. The van der Waals surface area contributed by atoms with E-state index >= 15 is 0 Å². The van der Waals surface area contributed by atoms with E-state index in [2.05, 4.69) is 19.2 Å². The Balaban J connectivity index is 2.56. The molecule has 2 unspecified atom stereocenters. The van der Waals surface area contributed by atoms with E-state index < -0.39 is 5.97 Å². The predicted molar refractivity (Wildman–Crippen MR) is 97.9 cm³/mol. The lowest BCUT2D eigenvalue weighted by atomic mass is 9.73. The molecule has 0 aromatic carbocycles. The van der Waals surface area contributed by atoms with E-state index in [0.29, 0.717) is 5.41 Å². The summed E-state index contributed by atoms with van der Waals surface area (Å²) in [7, 11) is 0. The van der Waals surface area contributed by atoms with Crippen LogP contribution < -0.4 is 5.32 Å². The largest absolute Gasteiger partial charge is 0.478 e. The third kappa shape index (κ3) is 7.98. The molecule has 138 valence electrons. The van der Waals surface area contributed by atoms with Gasteiger partial charge in [0.2, 0.25) is 5.91 Å². The number of carbonyl (C=O) groups excluding carboxylic acids is 1. The molecule has 0 saturated heterocycles. The first-order valence-corrected chi connectivity index (χ1v) is 9.73. The molecule has 0 aromatic heterocycles. The summed E-state index contributed by atoms with van der Waals surface area (Å²) in [5, 5.41) is 11.7. The minimum absolute atomic E-state index is 0.175. The quantitative estimate of drug-likeness (QED) is 0.341. The Morgan fingerprint density at radius 1 is 1.12 bits per heavy atom. The normalized spacial score (nSPS) is 24.7. The first-order valence-electron chi connectivity index (χ1n) is 9.73. The van der Waals surface area contributed by atoms with E-state index in [1.807, 2.05) is 0 Å². The van der Waals surface area contributed by atoms with E-state index in [9.17, 15) is 9.59 Å². The topological polar surface area (TPSA) is 66.4 Å². The molecule has 0 radical (unpaired) electrons. The van der Waals surface area contributed by atoms with Gasteiger partial charge in [0.15, 0.2) is 0 Å². The maximum atomic E-state index is 11.9. The molecule has 1 aliphatic rings. The number of rotatable bonds is 10. The zero-order chi connectivity index (χ0) is 17.8. The van der Waals surface area contributed by atoms with E-state index in [1.54, 1.807) is 0 Å². The van der Waals surface area contributed by atoms with Crippen LogP contribution in [0.4, 0.5) is 0 Å². The number of aliphatic carboxylic acids is 1. The first kappa shape index (κ1) is 20.7. The number of carboxylic acids is 1. The highest BCUT2D eigenvalue weighted by Gasteiger charge is 2.33. The van der Waals surface area contributed by atoms with Crippen molar-refractivity contribution < 1.29 is 14.7 Å². The lowest BCUT2D eigenvalue weighted by molar-refractivity contribution is -0.131. The fraction of sp³-hybridized carbons (Fsp3) is 0.800. The van der Waals surface area contributed by atoms with E-state index in [0.717, 1.165) is 37.8 Å². The molecule has 1 saturated carbocycles. The van der Waals surface area contributed by atoms with Crippen molar-refractivity contribution in [3.63, 3.8) is 0 Å². The van der Waals surface area contributed by atoms with E-state index in [4.69, 9.17) is 5.11 Å². The second-order valence-corrected chi connectivity index (χ2v) is 7.34. The third-order valence-corrected chi connectivity index (χ3v) is 5.47. The summed E-state index contributed by atoms with van der Waals surface area (Å²) in [6, 6.07) is 0.175. The van der Waals surface area contributed by atoms with Gasteiger partial charge in [-0.3, -0.25) is 4.79 Å². The summed E-state index contributed by atoms with van der Waals surface area (Å²) >= 11 is 0. The molecule has 1 rings (SSSR count). The summed E-state index contributed by atoms with van der Waals surface area (Å²) < 4.78 is 0. The molecular formula is C20H35NO3. The first-order chi connectivity index (χ1) is 11.5. The van der Waals surface area contributed by atoms with Crippen molar-refractivity contribution in [3.05, 3.63) is 12.2 Å². The van der Waals surface area contributed by atoms with E-state index in [1.165, 1.54) is 51.4 Å². The summed E-state index contributed by atoms with van der Waals surface area (Å²) in [6.07, 6.45) is 16.7. The summed E-state index contributed by atoms with van der Waals surface area (Å²) in [4.78, 5) is 22.4. The minimum atomic E-state index is -1.08. The highest BCUT2D eigenvalue weighted by Crippen LogP contribution is 2.42. The van der Waals surface area contributed by atoms with Crippen molar-refractivity contribution >= 4 is 11.9 Å². The van der Waals surface area contributed by atoms with Gasteiger partial charge in [0.05, 0.1) is 0 Å². The SMILES string of the molecule is CCCCCCCC1(CC)CCCCC(NC(=O)/C=C\C(=O)O)C1. The second kappa shape index (κ2) is 11.3. The molecule has 2 atom stereocenters. The standard InChI is InChI=1S/C20H35NO3/c1-3-5-6-7-9-14-20(4-2)15-10-8-11-17(16-20)21-18(22)12-13-19(23)24/h12-13,17H,3-11,14-16H2,1-2H3,(H,21,22)(H,23,24)/b13-12-. The third-order valence-electron chi connectivity index (χ3n) is 5.47. The second-order valence-electron chi connectivity index (χ2n) is 7.34. The van der Waals surface area contributed by atoms with Crippen LogP contribution >= 0.6 is 0 Å². The smallest absolute Gasteiger partial charge is 0.328 e. The zero-order valence-electron chi connectivity index (χ0n) is 15.5.